The second-order valence-electron chi connectivity index (χ2n) is 6.53. The van der Waals surface area contributed by atoms with E-state index in [1.165, 1.54) is 44.6 Å². The number of nitrogens with zero attached hydrogens (tertiary/aromatic N) is 2. The molecule has 4 rings (SSSR count). The van der Waals surface area contributed by atoms with Crippen LogP contribution in [0.1, 0.15) is 0 Å². The normalized spacial score (nSPS) is 9.67. The van der Waals surface area contributed by atoms with Crippen LogP contribution in [0, 0.1) is 11.6 Å². The van der Waals surface area contributed by atoms with Gasteiger partial charge >= 0.3 is 7.69 Å². The second-order valence-corrected chi connectivity index (χ2v) is 8.22. The molecule has 2 aromatic carbocycles. The summed E-state index contributed by atoms with van der Waals surface area (Å²) in [5, 5.41) is 9.22. The lowest BCUT2D eigenvalue weighted by molar-refractivity contribution is 0.378. The Hall–Kier alpha value is -2.92. The smallest absolute Gasteiger partial charge is 0.535 e. The summed E-state index contributed by atoms with van der Waals surface area (Å²) in [6.07, 6.45) is 3.24. The van der Waals surface area contributed by atoms with Gasteiger partial charge in [0.1, 0.15) is 33.4 Å². The van der Waals surface area contributed by atoms with Crippen molar-refractivity contribution in [3.63, 3.8) is 0 Å². The fourth-order valence-electron chi connectivity index (χ4n) is 2.65. The van der Waals surface area contributed by atoms with Crippen molar-refractivity contribution < 1.29 is 27.9 Å². The van der Waals surface area contributed by atoms with E-state index in [9.17, 15) is 8.78 Å². The van der Waals surface area contributed by atoms with Crippen LogP contribution in [-0.2, 0) is 0 Å². The number of methoxy groups -OCH3 is 2. The Labute approximate surface area is 226 Å². The molecule has 0 bridgehead atoms. The average molecular weight is 599 g/mol. The zero-order valence-corrected chi connectivity index (χ0v) is 22.1. The molecule has 4 aromatic rings. The van der Waals surface area contributed by atoms with E-state index < -0.39 is 5.82 Å². The summed E-state index contributed by atoms with van der Waals surface area (Å²) in [4.78, 5) is 7.66. The van der Waals surface area contributed by atoms with Crippen LogP contribution in [0.2, 0.25) is 10.3 Å². The molecule has 0 aliphatic heterocycles. The van der Waals surface area contributed by atoms with Crippen LogP contribution >= 0.6 is 39.1 Å². The summed E-state index contributed by atoms with van der Waals surface area (Å²) in [6, 6.07) is 15.2. The maximum atomic E-state index is 13.0. The Kier molecular flexibility index (Phi) is 12.4. The number of ether oxygens (including phenoxy) is 2. The summed E-state index contributed by atoms with van der Waals surface area (Å²) in [7, 11) is 3.40. The topological polar surface area (TPSA) is 73.7 Å². The number of hydrogen-bond donors (Lipinski definition) is 1. The van der Waals surface area contributed by atoms with Crippen molar-refractivity contribution in [1.29, 1.82) is 0 Å². The molecule has 2 aromatic heterocycles. The number of pyridine rings is 2. The summed E-state index contributed by atoms with van der Waals surface area (Å²) in [5.41, 5.74) is 1.63. The van der Waals surface area contributed by atoms with Gasteiger partial charge in [0.2, 0.25) is 0 Å². The number of hydrogen-bond acceptors (Lipinski definition) is 6. The van der Waals surface area contributed by atoms with Gasteiger partial charge in [-0.05, 0) is 54.1 Å². The molecule has 12 heteroatoms. The summed E-state index contributed by atoms with van der Waals surface area (Å²) in [6.45, 7) is 0. The second kappa shape index (κ2) is 15.3. The van der Waals surface area contributed by atoms with Crippen molar-refractivity contribution in [2.75, 3.05) is 14.2 Å². The largest absolute Gasteiger partial charge is 0.569 e. The van der Waals surface area contributed by atoms with Crippen LogP contribution in [-0.4, -0.2) is 36.9 Å². The average Bonchev–Trinajstić information content (AvgIpc) is 2.86. The third-order valence-corrected chi connectivity index (χ3v) is 5.10. The molecule has 0 aliphatic rings. The van der Waals surface area contributed by atoms with E-state index in [2.05, 4.69) is 30.6 Å². The van der Waals surface area contributed by atoms with Gasteiger partial charge in [0.05, 0.1) is 14.2 Å². The van der Waals surface area contributed by atoms with Gasteiger partial charge in [-0.3, -0.25) is 0 Å². The fraction of sp³-hybridized carbons (Fsp3) is 0.0833. The molecule has 0 saturated carbocycles. The van der Waals surface area contributed by atoms with E-state index in [-0.39, 0.29) is 17.3 Å². The van der Waals surface area contributed by atoms with Gasteiger partial charge in [-0.2, -0.15) is 0 Å². The molecule has 2 heterocycles. The molecular formula is C24H19BBrCl2F2N2O4. The molecule has 0 spiro atoms. The Morgan fingerprint density at radius 1 is 0.778 bits per heavy atom. The lowest BCUT2D eigenvalue weighted by Gasteiger charge is -2.08. The zero-order chi connectivity index (χ0) is 26.5. The molecule has 0 unspecified atom stereocenters. The van der Waals surface area contributed by atoms with Crippen LogP contribution in [0.25, 0.3) is 11.1 Å². The van der Waals surface area contributed by atoms with E-state index in [0.717, 1.165) is 15.6 Å². The van der Waals surface area contributed by atoms with Crippen LogP contribution in [0.3, 0.4) is 0 Å². The third kappa shape index (κ3) is 9.62. The van der Waals surface area contributed by atoms with Gasteiger partial charge in [-0.15, -0.1) is 0 Å². The first kappa shape index (κ1) is 29.3. The maximum absolute atomic E-state index is 13.0. The van der Waals surface area contributed by atoms with Gasteiger partial charge < -0.3 is 19.2 Å². The molecule has 6 nitrogen and oxygen atoms in total. The number of rotatable bonds is 5. The van der Waals surface area contributed by atoms with Gasteiger partial charge in [-0.1, -0.05) is 39.1 Å². The van der Waals surface area contributed by atoms with E-state index in [1.54, 1.807) is 36.7 Å². The summed E-state index contributed by atoms with van der Waals surface area (Å²) < 4.78 is 41.1. The Balaban J connectivity index is 0.000000202. The van der Waals surface area contributed by atoms with Gasteiger partial charge in [-0.25, -0.2) is 18.7 Å². The number of halogens is 5. The first-order chi connectivity index (χ1) is 17.3. The molecular weight excluding hydrogens is 580 g/mol. The lowest BCUT2D eigenvalue weighted by atomic mass is 10.1. The lowest BCUT2D eigenvalue weighted by Crippen LogP contribution is -2.01. The highest BCUT2D eigenvalue weighted by Crippen LogP contribution is 2.31. The van der Waals surface area contributed by atoms with Gasteiger partial charge in [0, 0.05) is 34.6 Å². The van der Waals surface area contributed by atoms with Crippen molar-refractivity contribution in [2.24, 2.45) is 0 Å². The maximum Gasteiger partial charge on any atom is 0.569 e. The molecule has 1 N–H and O–H groups in total. The Morgan fingerprint density at radius 3 is 1.89 bits per heavy atom. The fourth-order valence-corrected chi connectivity index (χ4v) is 3.46. The molecule has 36 heavy (non-hydrogen) atoms. The standard InChI is InChI=1S/C12H9ClFNO.C7H7BFO3.C5H3BrClN/c1-16-11-7-9(14)2-3-10(11)8-4-5-15-12(13)6-8;1-11-7-4-5(9)2-3-6(7)12-8-10;6-4-1-2-8-5(7)3-4/h2-7H,1H3;2-4,10H,1H3;1-3H. The van der Waals surface area contributed by atoms with Gasteiger partial charge in [0.25, 0.3) is 0 Å². The SMILES string of the molecule is COc1cc(F)ccc1-c1ccnc(Cl)c1.COc1cc(F)ccc1O[B]O.Clc1cc(Br)ccn1. The Bertz CT molecular complexity index is 1260. The molecule has 1 radical (unpaired) electrons. The first-order valence-corrected chi connectivity index (χ1v) is 11.5. The van der Waals surface area contributed by atoms with Gasteiger partial charge in [0.15, 0.2) is 5.75 Å². The molecule has 0 saturated heterocycles. The van der Waals surface area contributed by atoms with Crippen molar-refractivity contribution in [3.05, 3.63) is 99.5 Å². The van der Waals surface area contributed by atoms with Crippen molar-refractivity contribution in [3.8, 4) is 28.4 Å². The quantitative estimate of drug-likeness (QED) is 0.201. The molecule has 0 atom stereocenters. The molecule has 187 valence electrons. The van der Waals surface area contributed by atoms with Crippen molar-refractivity contribution in [2.45, 2.75) is 0 Å². The molecule has 0 fully saturated rings. The van der Waals surface area contributed by atoms with Crippen molar-refractivity contribution >= 4 is 46.8 Å². The van der Waals surface area contributed by atoms with E-state index in [4.69, 9.17) is 37.7 Å². The monoisotopic (exact) mass is 597 g/mol. The number of benzene rings is 2. The van der Waals surface area contributed by atoms with Crippen LogP contribution in [0.5, 0.6) is 17.2 Å². The third-order valence-electron chi connectivity index (χ3n) is 4.20. The minimum Gasteiger partial charge on any atom is -0.535 e. The summed E-state index contributed by atoms with van der Waals surface area (Å²) >= 11 is 14.5. The highest BCUT2D eigenvalue weighted by molar-refractivity contribution is 9.10. The predicted octanol–water partition coefficient (Wildman–Crippen LogP) is 6.79. The Morgan fingerprint density at radius 2 is 1.36 bits per heavy atom. The predicted molar refractivity (Wildman–Crippen MR) is 140 cm³/mol. The van der Waals surface area contributed by atoms with Crippen LogP contribution in [0.15, 0.2) is 77.5 Å². The first-order valence-electron chi connectivity index (χ1n) is 9.96. The number of aromatic nitrogens is 2. The van der Waals surface area contributed by atoms with E-state index >= 15 is 0 Å². The molecule has 0 aliphatic carbocycles. The van der Waals surface area contributed by atoms with E-state index in [1.807, 2.05) is 6.07 Å². The highest BCUT2D eigenvalue weighted by Gasteiger charge is 2.07. The molecule has 0 amide bonds. The zero-order valence-electron chi connectivity index (χ0n) is 19.0. The van der Waals surface area contributed by atoms with Crippen LogP contribution in [0.4, 0.5) is 8.78 Å². The van der Waals surface area contributed by atoms with Crippen molar-refractivity contribution in [1.82, 2.24) is 9.97 Å². The van der Waals surface area contributed by atoms with Crippen LogP contribution < -0.4 is 14.1 Å². The van der Waals surface area contributed by atoms with E-state index in [0.29, 0.717) is 23.7 Å². The summed E-state index contributed by atoms with van der Waals surface area (Å²) in [5.74, 6) is 0.224. The minimum atomic E-state index is -0.419. The minimum absolute atomic E-state index is 0.236. The highest BCUT2D eigenvalue weighted by atomic mass is 79.9.